The zero-order valence-electron chi connectivity index (χ0n) is 13.4. The summed E-state index contributed by atoms with van der Waals surface area (Å²) in [4.78, 5) is 18.3. The average molecular weight is 311 g/mol. The molecule has 116 valence electrons. The molecular formula is C22H17NO. The molecule has 0 saturated heterocycles. The maximum atomic E-state index is 13.6. The van der Waals surface area contributed by atoms with Crippen LogP contribution in [0.3, 0.4) is 0 Å². The fraction of sp³-hybridized carbons (Fsp3) is 0.0909. The number of hydrogen-bond acceptors (Lipinski definition) is 2. The van der Waals surface area contributed by atoms with Gasteiger partial charge in [0.15, 0.2) is 5.78 Å². The second-order valence-corrected chi connectivity index (χ2v) is 6.10. The number of para-hydroxylation sites is 1. The number of nitrogens with zero attached hydrogens (tertiary/aromatic N) is 1. The van der Waals surface area contributed by atoms with Gasteiger partial charge in [0.1, 0.15) is 5.41 Å². The normalized spacial score (nSPS) is 15.1. The number of fused-ring (bicyclic) bond motifs is 1. The predicted molar refractivity (Wildman–Crippen MR) is 97.3 cm³/mol. The van der Waals surface area contributed by atoms with Gasteiger partial charge in [-0.3, -0.25) is 9.79 Å². The summed E-state index contributed by atoms with van der Waals surface area (Å²) in [5.74, 6) is 0.0774. The van der Waals surface area contributed by atoms with Crippen LogP contribution in [0.15, 0.2) is 83.9 Å². The van der Waals surface area contributed by atoms with Gasteiger partial charge in [0.2, 0.25) is 0 Å². The Kier molecular flexibility index (Phi) is 3.39. The lowest BCUT2D eigenvalue weighted by atomic mass is 9.69. The first-order valence-electron chi connectivity index (χ1n) is 8.04. The monoisotopic (exact) mass is 311 g/mol. The standard InChI is InChI=1S/C22H17NO/c1-16-9-8-14-19-20(16)23-15-22(21(19)24,17-10-4-2-5-11-17)18-12-6-3-7-13-18/h2-15H,1H3. The van der Waals surface area contributed by atoms with Crippen molar-refractivity contribution in [1.82, 2.24) is 0 Å². The van der Waals surface area contributed by atoms with E-state index in [9.17, 15) is 4.79 Å². The van der Waals surface area contributed by atoms with Crippen molar-refractivity contribution in [2.75, 3.05) is 0 Å². The smallest absolute Gasteiger partial charge is 0.185 e. The summed E-state index contributed by atoms with van der Waals surface area (Å²) in [5, 5.41) is 0. The van der Waals surface area contributed by atoms with E-state index in [0.717, 1.165) is 22.4 Å². The van der Waals surface area contributed by atoms with Gasteiger partial charge in [0, 0.05) is 11.8 Å². The van der Waals surface area contributed by atoms with E-state index in [1.807, 2.05) is 92.0 Å². The highest BCUT2D eigenvalue weighted by Crippen LogP contribution is 2.41. The van der Waals surface area contributed by atoms with E-state index in [1.165, 1.54) is 0 Å². The molecule has 2 nitrogen and oxygen atoms in total. The summed E-state index contributed by atoms with van der Waals surface area (Å²) >= 11 is 0. The van der Waals surface area contributed by atoms with Crippen LogP contribution in [0.4, 0.5) is 5.69 Å². The minimum atomic E-state index is -0.872. The van der Waals surface area contributed by atoms with Crippen molar-refractivity contribution in [1.29, 1.82) is 0 Å². The van der Waals surface area contributed by atoms with E-state index < -0.39 is 5.41 Å². The number of benzene rings is 3. The fourth-order valence-electron chi connectivity index (χ4n) is 3.43. The van der Waals surface area contributed by atoms with Crippen molar-refractivity contribution < 1.29 is 4.79 Å². The molecule has 24 heavy (non-hydrogen) atoms. The number of rotatable bonds is 2. The van der Waals surface area contributed by atoms with Crippen LogP contribution in [0.1, 0.15) is 27.0 Å². The quantitative estimate of drug-likeness (QED) is 0.663. The molecule has 4 rings (SSSR count). The van der Waals surface area contributed by atoms with Crippen LogP contribution in [0.25, 0.3) is 0 Å². The lowest BCUT2D eigenvalue weighted by Gasteiger charge is -2.33. The van der Waals surface area contributed by atoms with E-state index in [4.69, 9.17) is 4.99 Å². The van der Waals surface area contributed by atoms with Crippen LogP contribution in [0, 0.1) is 6.92 Å². The summed E-state index contributed by atoms with van der Waals surface area (Å²) in [7, 11) is 0. The molecule has 0 bridgehead atoms. The van der Waals surface area contributed by atoms with Crippen LogP contribution in [0.2, 0.25) is 0 Å². The number of ketones is 1. The third kappa shape index (κ3) is 2.04. The summed E-state index contributed by atoms with van der Waals surface area (Å²) in [6, 6.07) is 25.6. The molecule has 1 aliphatic heterocycles. The number of aryl methyl sites for hydroxylation is 1. The van der Waals surface area contributed by atoms with Crippen molar-refractivity contribution in [3.05, 3.63) is 101 Å². The maximum Gasteiger partial charge on any atom is 0.185 e. The van der Waals surface area contributed by atoms with Crippen molar-refractivity contribution in [2.45, 2.75) is 12.3 Å². The van der Waals surface area contributed by atoms with E-state index in [2.05, 4.69) is 0 Å². The van der Waals surface area contributed by atoms with Crippen LogP contribution in [0.5, 0.6) is 0 Å². The Morgan fingerprint density at radius 1 is 0.750 bits per heavy atom. The number of hydrogen-bond donors (Lipinski definition) is 0. The molecule has 0 amide bonds. The first-order chi connectivity index (χ1) is 11.7. The first kappa shape index (κ1) is 14.6. The van der Waals surface area contributed by atoms with Crippen molar-refractivity contribution >= 4 is 17.7 Å². The number of Topliss-reactive ketones (excluding diaryl/α,β-unsaturated/α-hetero) is 1. The third-order valence-corrected chi connectivity index (χ3v) is 4.69. The van der Waals surface area contributed by atoms with Gasteiger partial charge in [-0.05, 0) is 29.7 Å². The Labute approximate surface area is 141 Å². The van der Waals surface area contributed by atoms with E-state index in [-0.39, 0.29) is 5.78 Å². The molecule has 0 spiro atoms. The summed E-state index contributed by atoms with van der Waals surface area (Å²) in [6.07, 6.45) is 1.81. The summed E-state index contributed by atoms with van der Waals surface area (Å²) in [6.45, 7) is 1.99. The Balaban J connectivity index is 2.02. The first-order valence-corrected chi connectivity index (χ1v) is 8.04. The van der Waals surface area contributed by atoms with Gasteiger partial charge in [0.25, 0.3) is 0 Å². The largest absolute Gasteiger partial charge is 0.292 e. The predicted octanol–water partition coefficient (Wildman–Crippen LogP) is 4.88. The second kappa shape index (κ2) is 5.57. The molecule has 0 N–H and O–H groups in total. The average Bonchev–Trinajstić information content (AvgIpc) is 2.64. The molecular weight excluding hydrogens is 294 g/mol. The Hall–Kier alpha value is -3.00. The molecule has 0 saturated carbocycles. The van der Waals surface area contributed by atoms with Crippen LogP contribution < -0.4 is 0 Å². The SMILES string of the molecule is Cc1cccc2c1N=CC(c1ccccc1)(c1ccccc1)C2=O. The summed E-state index contributed by atoms with van der Waals surface area (Å²) < 4.78 is 0. The molecule has 3 aromatic carbocycles. The molecule has 0 atom stereocenters. The lowest BCUT2D eigenvalue weighted by molar-refractivity contribution is 0.0949. The molecule has 3 aromatic rings. The molecule has 2 heteroatoms. The molecule has 0 aliphatic carbocycles. The molecule has 0 unspecified atom stereocenters. The molecule has 0 aromatic heterocycles. The third-order valence-electron chi connectivity index (χ3n) is 4.69. The van der Waals surface area contributed by atoms with Crippen molar-refractivity contribution in [3.8, 4) is 0 Å². The van der Waals surface area contributed by atoms with Gasteiger partial charge in [-0.2, -0.15) is 0 Å². The Morgan fingerprint density at radius 3 is 1.92 bits per heavy atom. The van der Waals surface area contributed by atoms with Gasteiger partial charge in [-0.1, -0.05) is 72.8 Å². The van der Waals surface area contributed by atoms with E-state index in [0.29, 0.717) is 5.56 Å². The van der Waals surface area contributed by atoms with E-state index in [1.54, 1.807) is 0 Å². The number of carbonyl (C=O) groups excluding carboxylic acids is 1. The van der Waals surface area contributed by atoms with E-state index >= 15 is 0 Å². The number of carbonyl (C=O) groups is 1. The van der Waals surface area contributed by atoms with Crippen molar-refractivity contribution in [3.63, 3.8) is 0 Å². The van der Waals surface area contributed by atoms with Crippen LogP contribution >= 0.6 is 0 Å². The lowest BCUT2D eigenvalue weighted by Crippen LogP contribution is -2.40. The molecule has 1 aliphatic rings. The zero-order chi connectivity index (χ0) is 16.6. The molecule has 0 fully saturated rings. The highest BCUT2D eigenvalue weighted by Gasteiger charge is 2.44. The maximum absolute atomic E-state index is 13.6. The Bertz CT molecular complexity index is 887. The zero-order valence-corrected chi connectivity index (χ0v) is 13.4. The van der Waals surface area contributed by atoms with Gasteiger partial charge >= 0.3 is 0 Å². The van der Waals surface area contributed by atoms with Gasteiger partial charge in [-0.25, -0.2) is 0 Å². The summed E-state index contributed by atoms with van der Waals surface area (Å²) in [5.41, 5.74) is 3.50. The number of aliphatic imine (C=N–C) groups is 1. The Morgan fingerprint density at radius 2 is 1.33 bits per heavy atom. The van der Waals surface area contributed by atoms with Crippen LogP contribution in [-0.4, -0.2) is 12.0 Å². The minimum absolute atomic E-state index is 0.0774. The topological polar surface area (TPSA) is 29.4 Å². The highest BCUT2D eigenvalue weighted by molar-refractivity contribution is 6.22. The minimum Gasteiger partial charge on any atom is -0.292 e. The van der Waals surface area contributed by atoms with Gasteiger partial charge in [0.05, 0.1) is 5.69 Å². The van der Waals surface area contributed by atoms with Crippen LogP contribution in [-0.2, 0) is 5.41 Å². The van der Waals surface area contributed by atoms with Gasteiger partial charge in [-0.15, -0.1) is 0 Å². The fourth-order valence-corrected chi connectivity index (χ4v) is 3.43. The molecule has 0 radical (unpaired) electrons. The van der Waals surface area contributed by atoms with Gasteiger partial charge < -0.3 is 0 Å². The van der Waals surface area contributed by atoms with Crippen molar-refractivity contribution in [2.24, 2.45) is 4.99 Å². The highest BCUT2D eigenvalue weighted by atomic mass is 16.1. The second-order valence-electron chi connectivity index (χ2n) is 6.10. The molecule has 1 heterocycles.